The van der Waals surface area contributed by atoms with Gasteiger partial charge in [-0.05, 0) is 6.42 Å². The van der Waals surface area contributed by atoms with Crippen LogP contribution in [-0.4, -0.2) is 75.2 Å². The van der Waals surface area contributed by atoms with Gasteiger partial charge >= 0.3 is 0 Å². The van der Waals surface area contributed by atoms with Gasteiger partial charge in [0.25, 0.3) is 5.56 Å². The molecule has 12 heteroatoms. The van der Waals surface area contributed by atoms with Crippen LogP contribution in [0.15, 0.2) is 11.1 Å². The molecule has 12 nitrogen and oxygen atoms in total. The molecule has 1 saturated heterocycles. The molecule has 0 aromatic carbocycles. The van der Waals surface area contributed by atoms with E-state index in [1.54, 1.807) is 18.4 Å². The predicted octanol–water partition coefficient (Wildman–Crippen LogP) is -0.257. The molecule has 2 aromatic heterocycles. The average Bonchev–Trinajstić information content (AvgIpc) is 3.29. The number of nitrogens with two attached hydrogens (primary N) is 1. The first-order valence-corrected chi connectivity index (χ1v) is 10.4. The second-order valence-electron chi connectivity index (χ2n) is 7.58. The van der Waals surface area contributed by atoms with Gasteiger partial charge in [0.1, 0.15) is 12.2 Å². The number of amides is 1. The van der Waals surface area contributed by atoms with Crippen LogP contribution in [-0.2, 0) is 19.0 Å². The zero-order chi connectivity index (χ0) is 22.5. The van der Waals surface area contributed by atoms with Crippen LogP contribution in [0.5, 0.6) is 0 Å². The molecule has 0 bridgehead atoms. The summed E-state index contributed by atoms with van der Waals surface area (Å²) in [5.41, 5.74) is 5.21. The van der Waals surface area contributed by atoms with E-state index in [1.807, 2.05) is 6.92 Å². The van der Waals surface area contributed by atoms with Crippen molar-refractivity contribution in [1.82, 2.24) is 19.5 Å². The van der Waals surface area contributed by atoms with E-state index in [2.05, 4.69) is 20.3 Å². The van der Waals surface area contributed by atoms with Crippen molar-refractivity contribution in [2.75, 3.05) is 31.7 Å². The predicted molar refractivity (Wildman–Crippen MR) is 111 cm³/mol. The van der Waals surface area contributed by atoms with Gasteiger partial charge < -0.3 is 25.1 Å². The molecule has 172 valence electrons. The summed E-state index contributed by atoms with van der Waals surface area (Å²) < 4.78 is 18.7. The number of anilines is 1. The number of aliphatic hydroxyl groups excluding tert-OH is 1. The lowest BCUT2D eigenvalue weighted by atomic mass is 10.1. The van der Waals surface area contributed by atoms with Crippen molar-refractivity contribution in [3.05, 3.63) is 16.7 Å². The van der Waals surface area contributed by atoms with Crippen LogP contribution in [0.4, 0.5) is 5.95 Å². The van der Waals surface area contributed by atoms with Gasteiger partial charge in [0, 0.05) is 12.5 Å². The van der Waals surface area contributed by atoms with Crippen molar-refractivity contribution in [3.63, 3.8) is 0 Å². The molecule has 1 amide bonds. The minimum Gasteiger partial charge on any atom is -0.388 e. The molecule has 0 aliphatic carbocycles. The first-order chi connectivity index (χ1) is 14.9. The molecule has 1 fully saturated rings. The number of aromatic nitrogens is 4. The van der Waals surface area contributed by atoms with Gasteiger partial charge in [0.2, 0.25) is 11.9 Å². The van der Waals surface area contributed by atoms with E-state index in [0.29, 0.717) is 26.2 Å². The Bertz CT molecular complexity index is 944. The third-order valence-electron chi connectivity index (χ3n) is 4.99. The molecule has 3 heterocycles. The number of nitrogens with zero attached hydrogens (tertiary/aromatic N) is 3. The van der Waals surface area contributed by atoms with Gasteiger partial charge in [0.05, 0.1) is 32.3 Å². The van der Waals surface area contributed by atoms with Crippen LogP contribution >= 0.6 is 0 Å². The Hall–Kier alpha value is -2.38. The quantitative estimate of drug-likeness (QED) is 0.365. The first kappa shape index (κ1) is 23.3. The topological polar surface area (TPSA) is 167 Å². The number of hydrogen-bond acceptors (Lipinski definition) is 9. The van der Waals surface area contributed by atoms with E-state index in [0.717, 1.165) is 0 Å². The Kier molecular flexibility index (Phi) is 7.73. The zero-order valence-corrected chi connectivity index (χ0v) is 17.9. The highest BCUT2D eigenvalue weighted by Crippen LogP contribution is 2.34. The molecule has 0 spiro atoms. The smallest absolute Gasteiger partial charge is 0.280 e. The summed E-state index contributed by atoms with van der Waals surface area (Å²) in [7, 11) is 0. The molecule has 0 radical (unpaired) electrons. The van der Waals surface area contributed by atoms with Crippen LogP contribution < -0.4 is 16.6 Å². The molecule has 3 rings (SSSR count). The maximum Gasteiger partial charge on any atom is 0.280 e. The monoisotopic (exact) mass is 438 g/mol. The largest absolute Gasteiger partial charge is 0.388 e. The van der Waals surface area contributed by atoms with Gasteiger partial charge in [-0.3, -0.25) is 24.5 Å². The van der Waals surface area contributed by atoms with Crippen LogP contribution in [0.2, 0.25) is 0 Å². The minimum atomic E-state index is -0.885. The Morgan fingerprint density at radius 2 is 2.19 bits per heavy atom. The first-order valence-electron chi connectivity index (χ1n) is 10.4. The number of aliphatic hydroxyl groups is 1. The number of fused-ring (bicyclic) bond motifs is 1. The summed E-state index contributed by atoms with van der Waals surface area (Å²) >= 11 is 0. The molecule has 0 saturated carbocycles. The lowest BCUT2D eigenvalue weighted by molar-refractivity contribution is -0.118. The van der Waals surface area contributed by atoms with Crippen LogP contribution in [0.25, 0.3) is 11.2 Å². The van der Waals surface area contributed by atoms with Crippen molar-refractivity contribution in [2.45, 2.75) is 51.7 Å². The third-order valence-corrected chi connectivity index (χ3v) is 4.99. The van der Waals surface area contributed by atoms with E-state index in [9.17, 15) is 14.7 Å². The van der Waals surface area contributed by atoms with E-state index >= 15 is 0 Å². The normalized spacial score (nSPS) is 23.7. The molecule has 1 aliphatic heterocycles. The summed E-state index contributed by atoms with van der Waals surface area (Å²) in [6, 6.07) is 0. The van der Waals surface area contributed by atoms with Crippen molar-refractivity contribution < 1.29 is 24.1 Å². The molecule has 4 atom stereocenters. The van der Waals surface area contributed by atoms with Crippen molar-refractivity contribution in [2.24, 2.45) is 11.7 Å². The van der Waals surface area contributed by atoms with Gasteiger partial charge in [-0.15, -0.1) is 0 Å². The standard InChI is InChI=1S/C19H30N6O6/c1-4-11-13(26)14(30-8-7-29-6-5-20)18(31-11)25-9-21-12-15(25)22-19(24-17(12)28)23-16(27)10(2)3/h9-11,13-14,18,26H,4-8,20H2,1-3H3,(H2,22,23,24,27,28)/t11-,13?,14+,18-/m1/s1. The van der Waals surface area contributed by atoms with Gasteiger partial charge in [0.15, 0.2) is 17.4 Å². The van der Waals surface area contributed by atoms with Crippen LogP contribution in [0.3, 0.4) is 0 Å². The number of H-pyrrole nitrogens is 1. The molecule has 1 unspecified atom stereocenters. The number of carbonyl (C=O) groups excluding carboxylic acids is 1. The minimum absolute atomic E-state index is 0.0104. The highest BCUT2D eigenvalue weighted by atomic mass is 16.6. The summed E-state index contributed by atoms with van der Waals surface area (Å²) in [6.45, 7) is 6.73. The number of aromatic amines is 1. The number of nitrogens with one attached hydrogen (secondary N) is 2. The number of hydrogen-bond donors (Lipinski definition) is 4. The molecule has 31 heavy (non-hydrogen) atoms. The van der Waals surface area contributed by atoms with Crippen LogP contribution in [0.1, 0.15) is 33.4 Å². The lowest BCUT2D eigenvalue weighted by Gasteiger charge is -2.22. The molecule has 5 N–H and O–H groups in total. The fraction of sp³-hybridized carbons (Fsp3) is 0.684. The lowest BCUT2D eigenvalue weighted by Crippen LogP contribution is -2.35. The fourth-order valence-electron chi connectivity index (χ4n) is 3.32. The summed E-state index contributed by atoms with van der Waals surface area (Å²) in [6.07, 6.45) is -0.848. The second-order valence-corrected chi connectivity index (χ2v) is 7.58. The molecule has 1 aliphatic rings. The van der Waals surface area contributed by atoms with E-state index in [-0.39, 0.29) is 35.5 Å². The van der Waals surface area contributed by atoms with E-state index in [1.165, 1.54) is 6.33 Å². The Balaban J connectivity index is 1.89. The maximum atomic E-state index is 12.4. The van der Waals surface area contributed by atoms with Gasteiger partial charge in [-0.25, -0.2) is 4.98 Å². The number of ether oxygens (including phenoxy) is 3. The van der Waals surface area contributed by atoms with E-state index in [4.69, 9.17) is 19.9 Å². The summed E-state index contributed by atoms with van der Waals surface area (Å²) in [4.78, 5) is 35.5. The highest BCUT2D eigenvalue weighted by molar-refractivity contribution is 5.91. The zero-order valence-electron chi connectivity index (χ0n) is 17.9. The van der Waals surface area contributed by atoms with Crippen LogP contribution in [0, 0.1) is 5.92 Å². The van der Waals surface area contributed by atoms with Crippen molar-refractivity contribution in [3.8, 4) is 0 Å². The SMILES string of the molecule is CC[C@H]1O[C@@H](n2cnc3c(=O)[nH]c(NC(=O)C(C)C)nc32)[C@@H](OCCOCCN)C1O. The van der Waals surface area contributed by atoms with Gasteiger partial charge in [-0.1, -0.05) is 20.8 Å². The third kappa shape index (κ3) is 5.10. The Morgan fingerprint density at radius 3 is 2.87 bits per heavy atom. The summed E-state index contributed by atoms with van der Waals surface area (Å²) in [5, 5.41) is 13.3. The fourth-order valence-corrected chi connectivity index (χ4v) is 3.32. The molecule has 2 aromatic rings. The Labute approximate surface area is 179 Å². The molecular formula is C19H30N6O6. The second kappa shape index (κ2) is 10.3. The number of imidazole rings is 1. The highest BCUT2D eigenvalue weighted by Gasteiger charge is 2.45. The Morgan fingerprint density at radius 1 is 1.42 bits per heavy atom. The van der Waals surface area contributed by atoms with E-state index < -0.39 is 30.1 Å². The van der Waals surface area contributed by atoms with Crippen molar-refractivity contribution >= 4 is 23.0 Å². The average molecular weight is 438 g/mol. The van der Waals surface area contributed by atoms with Crippen molar-refractivity contribution in [1.29, 1.82) is 0 Å². The number of carbonyl (C=O) groups is 1. The number of rotatable bonds is 10. The summed E-state index contributed by atoms with van der Waals surface area (Å²) in [5.74, 6) is -0.564. The maximum absolute atomic E-state index is 12.4. The molecular weight excluding hydrogens is 408 g/mol. The van der Waals surface area contributed by atoms with Gasteiger partial charge in [-0.2, -0.15) is 4.98 Å².